The summed E-state index contributed by atoms with van der Waals surface area (Å²) in [5.74, 6) is 0.263. The van der Waals surface area contributed by atoms with Crippen molar-refractivity contribution >= 4 is 17.5 Å². The molecule has 0 aromatic rings. The first-order chi connectivity index (χ1) is 16.3. The monoisotopic (exact) mass is 485 g/mol. The van der Waals surface area contributed by atoms with E-state index in [1.54, 1.807) is 0 Å². The van der Waals surface area contributed by atoms with Crippen molar-refractivity contribution < 1.29 is 4.79 Å². The highest BCUT2D eigenvalue weighted by Gasteiger charge is 2.11. The van der Waals surface area contributed by atoms with Crippen LogP contribution in [0.4, 0.5) is 0 Å². The van der Waals surface area contributed by atoms with Crippen LogP contribution in [0.15, 0.2) is 0 Å². The van der Waals surface area contributed by atoms with E-state index in [0.29, 0.717) is 0 Å². The van der Waals surface area contributed by atoms with Crippen LogP contribution in [0.1, 0.15) is 168 Å². The third kappa shape index (κ3) is 24.7. The summed E-state index contributed by atoms with van der Waals surface area (Å²) in [5.41, 5.74) is 0. The van der Waals surface area contributed by atoms with Crippen LogP contribution in [0, 0.1) is 0 Å². The van der Waals surface area contributed by atoms with Crippen LogP contribution < -0.4 is 0 Å². The SMILES string of the molecule is CCCCCCCCCCCCCCN(CCCCCCCCCCCCCC)C(=O)CCl. The van der Waals surface area contributed by atoms with Crippen molar-refractivity contribution in [2.24, 2.45) is 0 Å². The van der Waals surface area contributed by atoms with E-state index in [2.05, 4.69) is 13.8 Å². The van der Waals surface area contributed by atoms with E-state index in [-0.39, 0.29) is 11.8 Å². The highest BCUT2D eigenvalue weighted by atomic mass is 35.5. The summed E-state index contributed by atoms with van der Waals surface area (Å²) in [6.07, 6.45) is 32.6. The normalized spacial score (nSPS) is 11.2. The molecule has 0 unspecified atom stereocenters. The van der Waals surface area contributed by atoms with Gasteiger partial charge in [-0.1, -0.05) is 155 Å². The lowest BCUT2D eigenvalue weighted by Gasteiger charge is -2.22. The Bertz CT molecular complexity index is 359. The number of amides is 1. The van der Waals surface area contributed by atoms with E-state index >= 15 is 0 Å². The maximum absolute atomic E-state index is 12.2. The second-order valence-corrected chi connectivity index (χ2v) is 10.6. The van der Waals surface area contributed by atoms with Gasteiger partial charge >= 0.3 is 0 Å². The van der Waals surface area contributed by atoms with Crippen molar-refractivity contribution in [2.45, 2.75) is 168 Å². The van der Waals surface area contributed by atoms with Crippen molar-refractivity contribution in [2.75, 3.05) is 19.0 Å². The van der Waals surface area contributed by atoms with Crippen LogP contribution in [0.2, 0.25) is 0 Å². The molecule has 0 saturated carbocycles. The van der Waals surface area contributed by atoms with Gasteiger partial charge in [0.2, 0.25) is 5.91 Å². The molecule has 0 heterocycles. The molecule has 0 spiro atoms. The third-order valence-corrected chi connectivity index (χ3v) is 7.26. The largest absolute Gasteiger partial charge is 0.342 e. The Morgan fingerprint density at radius 1 is 0.455 bits per heavy atom. The number of carbonyl (C=O) groups is 1. The van der Waals surface area contributed by atoms with Gasteiger partial charge in [0.15, 0.2) is 0 Å². The van der Waals surface area contributed by atoms with Crippen LogP contribution >= 0.6 is 11.6 Å². The molecular formula is C30H60ClNO. The summed E-state index contributed by atoms with van der Waals surface area (Å²) in [7, 11) is 0. The molecule has 0 radical (unpaired) electrons. The maximum Gasteiger partial charge on any atom is 0.237 e. The number of nitrogens with zero attached hydrogens (tertiary/aromatic N) is 1. The van der Waals surface area contributed by atoms with Crippen LogP contribution in [-0.2, 0) is 4.79 Å². The van der Waals surface area contributed by atoms with E-state index in [1.807, 2.05) is 4.90 Å². The Morgan fingerprint density at radius 3 is 0.939 bits per heavy atom. The molecule has 0 aromatic carbocycles. The van der Waals surface area contributed by atoms with Crippen molar-refractivity contribution in [3.05, 3.63) is 0 Å². The summed E-state index contributed by atoms with van der Waals surface area (Å²) in [5, 5.41) is 0. The summed E-state index contributed by atoms with van der Waals surface area (Å²) >= 11 is 5.86. The van der Waals surface area contributed by atoms with Crippen LogP contribution in [0.3, 0.4) is 0 Å². The first-order valence-electron chi connectivity index (χ1n) is 15.1. The van der Waals surface area contributed by atoms with Gasteiger partial charge in [-0.15, -0.1) is 11.6 Å². The van der Waals surface area contributed by atoms with E-state index in [1.165, 1.54) is 141 Å². The predicted molar refractivity (Wildman–Crippen MR) is 149 cm³/mol. The molecule has 0 atom stereocenters. The quantitative estimate of drug-likeness (QED) is 0.0836. The minimum Gasteiger partial charge on any atom is -0.342 e. The predicted octanol–water partition coefficient (Wildman–Crippen LogP) is 10.5. The van der Waals surface area contributed by atoms with Crippen molar-refractivity contribution in [3.63, 3.8) is 0 Å². The van der Waals surface area contributed by atoms with E-state index in [9.17, 15) is 4.79 Å². The molecule has 0 aliphatic heterocycles. The van der Waals surface area contributed by atoms with Gasteiger partial charge in [0, 0.05) is 13.1 Å². The number of unbranched alkanes of at least 4 members (excludes halogenated alkanes) is 22. The number of carbonyl (C=O) groups excluding carboxylic acids is 1. The molecule has 0 N–H and O–H groups in total. The van der Waals surface area contributed by atoms with Gasteiger partial charge in [-0.3, -0.25) is 4.79 Å². The Balaban J connectivity index is 3.54. The van der Waals surface area contributed by atoms with Gasteiger partial charge in [-0.2, -0.15) is 0 Å². The Hall–Kier alpha value is -0.240. The summed E-state index contributed by atoms with van der Waals surface area (Å²) in [4.78, 5) is 14.2. The third-order valence-electron chi connectivity index (χ3n) is 7.03. The Morgan fingerprint density at radius 2 is 0.697 bits per heavy atom. The molecule has 0 bridgehead atoms. The zero-order valence-electron chi connectivity index (χ0n) is 22.8. The molecule has 33 heavy (non-hydrogen) atoms. The first kappa shape index (κ1) is 32.8. The van der Waals surface area contributed by atoms with Crippen molar-refractivity contribution in [1.29, 1.82) is 0 Å². The number of alkyl halides is 1. The second-order valence-electron chi connectivity index (χ2n) is 10.3. The average Bonchev–Trinajstić information content (AvgIpc) is 2.83. The van der Waals surface area contributed by atoms with E-state index in [0.717, 1.165) is 25.9 Å². The zero-order valence-corrected chi connectivity index (χ0v) is 23.6. The molecule has 2 nitrogen and oxygen atoms in total. The van der Waals surface area contributed by atoms with Gasteiger partial charge in [0.05, 0.1) is 0 Å². The van der Waals surface area contributed by atoms with E-state index < -0.39 is 0 Å². The van der Waals surface area contributed by atoms with Gasteiger partial charge in [-0.05, 0) is 12.8 Å². The van der Waals surface area contributed by atoms with Gasteiger partial charge in [0.1, 0.15) is 5.88 Å². The molecule has 3 heteroatoms. The fourth-order valence-corrected chi connectivity index (χ4v) is 4.90. The highest BCUT2D eigenvalue weighted by Crippen LogP contribution is 2.14. The van der Waals surface area contributed by atoms with Gasteiger partial charge in [-0.25, -0.2) is 0 Å². The van der Waals surface area contributed by atoms with Crippen LogP contribution in [0.25, 0.3) is 0 Å². The smallest absolute Gasteiger partial charge is 0.237 e. The maximum atomic E-state index is 12.2. The van der Waals surface area contributed by atoms with Gasteiger partial charge in [0.25, 0.3) is 0 Å². The van der Waals surface area contributed by atoms with Gasteiger partial charge < -0.3 is 4.90 Å². The Kier molecular flexibility index (Phi) is 27.8. The van der Waals surface area contributed by atoms with Crippen molar-refractivity contribution in [3.8, 4) is 0 Å². The lowest BCUT2D eigenvalue weighted by atomic mass is 10.0. The molecule has 0 aliphatic carbocycles. The topological polar surface area (TPSA) is 20.3 Å². The fourth-order valence-electron chi connectivity index (χ4n) is 4.73. The molecule has 198 valence electrons. The molecule has 0 fully saturated rings. The first-order valence-corrected chi connectivity index (χ1v) is 15.6. The standard InChI is InChI=1S/C30H60ClNO/c1-3-5-7-9-11-13-15-17-19-21-23-25-27-32(30(33)29-31)28-26-24-22-20-18-16-14-12-10-8-6-4-2/h3-29H2,1-2H3. The molecule has 0 aromatic heterocycles. The summed E-state index contributed by atoms with van der Waals surface area (Å²) < 4.78 is 0. The number of rotatable bonds is 27. The minimum absolute atomic E-state index is 0.128. The fraction of sp³-hybridized carbons (Fsp3) is 0.967. The molecular weight excluding hydrogens is 426 g/mol. The molecule has 0 saturated heterocycles. The van der Waals surface area contributed by atoms with Crippen LogP contribution in [-0.4, -0.2) is 29.8 Å². The molecule has 0 aliphatic rings. The van der Waals surface area contributed by atoms with E-state index in [4.69, 9.17) is 11.6 Å². The molecule has 0 rings (SSSR count). The Labute approximate surface area is 214 Å². The van der Waals surface area contributed by atoms with Crippen molar-refractivity contribution in [1.82, 2.24) is 4.90 Å². The number of hydrogen-bond acceptors (Lipinski definition) is 1. The lowest BCUT2D eigenvalue weighted by molar-refractivity contribution is -0.128. The number of halogens is 1. The second kappa shape index (κ2) is 28.0. The number of hydrogen-bond donors (Lipinski definition) is 0. The molecule has 1 amide bonds. The highest BCUT2D eigenvalue weighted by molar-refractivity contribution is 6.27. The summed E-state index contributed by atoms with van der Waals surface area (Å²) in [6, 6.07) is 0. The minimum atomic E-state index is 0.128. The summed E-state index contributed by atoms with van der Waals surface area (Å²) in [6.45, 7) is 6.37. The zero-order chi connectivity index (χ0) is 24.2. The average molecular weight is 486 g/mol. The van der Waals surface area contributed by atoms with Crippen LogP contribution in [0.5, 0.6) is 0 Å². The lowest BCUT2D eigenvalue weighted by Crippen LogP contribution is -2.33.